The average Bonchev–Trinajstić information content (AvgIpc) is 3.03. The van der Waals surface area contributed by atoms with Gasteiger partial charge in [0.1, 0.15) is 11.4 Å². The van der Waals surface area contributed by atoms with E-state index in [-0.39, 0.29) is 38.4 Å². The number of piperidine rings is 1. The molecule has 23 heteroatoms. The fourth-order valence-electron chi connectivity index (χ4n) is 4.75. The second-order valence-electron chi connectivity index (χ2n) is 12.4. The molecule has 0 bridgehead atoms. The third-order valence-corrected chi connectivity index (χ3v) is 8.19. The summed E-state index contributed by atoms with van der Waals surface area (Å²) in [5.74, 6) is -57.3. The molecule has 2 rings (SSSR count). The van der Waals surface area contributed by atoms with Gasteiger partial charge in [-0.05, 0) is 57.2 Å². The van der Waals surface area contributed by atoms with Crippen molar-refractivity contribution in [3.63, 3.8) is 0 Å². The minimum Gasteiger partial charge on any atom is -0.497 e. The number of halogens is 17. The summed E-state index contributed by atoms with van der Waals surface area (Å²) in [5, 5.41) is 2.71. The highest BCUT2D eigenvalue weighted by Gasteiger charge is 2.95. The van der Waals surface area contributed by atoms with Crippen molar-refractivity contribution in [2.24, 2.45) is 5.92 Å². The van der Waals surface area contributed by atoms with Crippen molar-refractivity contribution in [2.45, 2.75) is 99.2 Å². The van der Waals surface area contributed by atoms with E-state index in [0.717, 1.165) is 24.3 Å². The van der Waals surface area contributed by atoms with E-state index in [4.69, 9.17) is 9.47 Å². The minimum atomic E-state index is -8.71. The van der Waals surface area contributed by atoms with Crippen LogP contribution in [0.1, 0.15) is 45.1 Å². The molecule has 1 heterocycles. The Labute approximate surface area is 283 Å². The number of hydrogen-bond donors (Lipinski definition) is 1. The van der Waals surface area contributed by atoms with Gasteiger partial charge in [-0.25, -0.2) is 4.79 Å². The molecule has 1 aromatic carbocycles. The highest BCUT2D eigenvalue weighted by molar-refractivity contribution is 5.79. The summed E-state index contributed by atoms with van der Waals surface area (Å²) >= 11 is 0. The van der Waals surface area contributed by atoms with Gasteiger partial charge in [0.15, 0.2) is 0 Å². The quantitative estimate of drug-likeness (QED) is 0.181. The van der Waals surface area contributed by atoms with Gasteiger partial charge in [-0.3, -0.25) is 4.79 Å². The fraction of sp³-hybridized carbons (Fsp3) is 0.724. The van der Waals surface area contributed by atoms with Crippen LogP contribution in [-0.4, -0.2) is 96.9 Å². The first-order valence-corrected chi connectivity index (χ1v) is 14.8. The first-order valence-electron chi connectivity index (χ1n) is 14.8. The number of ether oxygens (including phenoxy) is 2. The van der Waals surface area contributed by atoms with Crippen LogP contribution >= 0.6 is 0 Å². The second kappa shape index (κ2) is 14.8. The minimum absolute atomic E-state index is 0.0517. The van der Waals surface area contributed by atoms with Crippen LogP contribution in [-0.2, 0) is 16.0 Å². The Morgan fingerprint density at radius 2 is 1.13 bits per heavy atom. The molecule has 0 aromatic heterocycles. The molecule has 0 saturated carbocycles. The maximum absolute atomic E-state index is 14.4. The van der Waals surface area contributed by atoms with Crippen molar-refractivity contribution in [1.29, 1.82) is 0 Å². The Kier molecular flexibility index (Phi) is 12.7. The SMILES string of the molecule is COc1ccc(CCNC(=O)C2CCN(C(=O)OC(C)(C)CCC(F)(F)C(F)(F)C(F)(F)C(F)(F)C(F)(F)C(F)(F)C(F)(F)C(F)(F)F)CC2)cc1. The lowest BCUT2D eigenvalue weighted by molar-refractivity contribution is -0.462. The number of nitrogens with zero attached hydrogens (tertiary/aromatic N) is 1. The number of methoxy groups -OCH3 is 1. The summed E-state index contributed by atoms with van der Waals surface area (Å²) in [6, 6.07) is 6.98. The second-order valence-corrected chi connectivity index (χ2v) is 12.4. The van der Waals surface area contributed by atoms with Crippen LogP contribution in [0.5, 0.6) is 5.75 Å². The van der Waals surface area contributed by atoms with E-state index in [9.17, 15) is 84.2 Å². The molecule has 1 aliphatic heterocycles. The summed E-state index contributed by atoms with van der Waals surface area (Å²) in [4.78, 5) is 26.0. The number of alkyl halides is 17. The van der Waals surface area contributed by atoms with Gasteiger partial charge >= 0.3 is 53.7 Å². The van der Waals surface area contributed by atoms with Crippen molar-refractivity contribution < 1.29 is 93.7 Å². The van der Waals surface area contributed by atoms with E-state index in [1.165, 1.54) is 7.11 Å². The molecule has 1 aliphatic rings. The van der Waals surface area contributed by atoms with Crippen molar-refractivity contribution in [3.05, 3.63) is 29.8 Å². The normalized spacial score (nSPS) is 16.5. The molecular weight excluding hydrogens is 763 g/mol. The van der Waals surface area contributed by atoms with E-state index in [1.807, 2.05) is 0 Å². The Morgan fingerprint density at radius 1 is 0.692 bits per heavy atom. The van der Waals surface area contributed by atoms with Crippen LogP contribution in [0, 0.1) is 5.92 Å². The third-order valence-electron chi connectivity index (χ3n) is 8.19. The highest BCUT2D eigenvalue weighted by Crippen LogP contribution is 2.64. The fourth-order valence-corrected chi connectivity index (χ4v) is 4.75. The number of amides is 2. The Morgan fingerprint density at radius 3 is 1.58 bits per heavy atom. The standard InChI is InChI=1S/C29H31F17N2O4/c1-21(2,52-20(50)48-14-9-17(10-15-48)19(49)47-13-8-16-4-6-18(51-3)7-5-16)11-12-22(30,31)23(32,33)24(34,35)25(36,37)26(38,39)27(40,41)28(42,43)29(44,45)46/h4-7,17H,8-15H2,1-3H3,(H,47,49). The Balaban J connectivity index is 2.04. The predicted octanol–water partition coefficient (Wildman–Crippen LogP) is 8.77. The molecule has 1 aromatic rings. The molecule has 52 heavy (non-hydrogen) atoms. The molecule has 1 N–H and O–H groups in total. The van der Waals surface area contributed by atoms with Crippen molar-refractivity contribution in [3.8, 4) is 5.75 Å². The molecule has 6 nitrogen and oxygen atoms in total. The zero-order valence-electron chi connectivity index (χ0n) is 27.0. The maximum Gasteiger partial charge on any atom is 0.460 e. The number of nitrogens with one attached hydrogen (secondary N) is 1. The molecule has 1 saturated heterocycles. The highest BCUT2D eigenvalue weighted by atomic mass is 19.4. The first-order chi connectivity index (χ1) is 23.2. The summed E-state index contributed by atoms with van der Waals surface area (Å²) in [5.41, 5.74) is -1.47. The van der Waals surface area contributed by atoms with E-state index in [1.54, 1.807) is 24.3 Å². The van der Waals surface area contributed by atoms with E-state index < -0.39 is 78.1 Å². The van der Waals surface area contributed by atoms with Gasteiger partial charge in [-0.15, -0.1) is 0 Å². The van der Waals surface area contributed by atoms with Crippen LogP contribution in [0.4, 0.5) is 79.4 Å². The first kappa shape index (κ1) is 44.7. The van der Waals surface area contributed by atoms with Crippen LogP contribution in [0.25, 0.3) is 0 Å². The largest absolute Gasteiger partial charge is 0.497 e. The van der Waals surface area contributed by atoms with Gasteiger partial charge in [-0.2, -0.15) is 74.6 Å². The molecule has 300 valence electrons. The lowest BCUT2D eigenvalue weighted by Crippen LogP contribution is -2.74. The predicted molar refractivity (Wildman–Crippen MR) is 144 cm³/mol. The Hall–Kier alpha value is -3.43. The lowest BCUT2D eigenvalue weighted by Gasteiger charge is -2.43. The zero-order chi connectivity index (χ0) is 40.6. The van der Waals surface area contributed by atoms with E-state index >= 15 is 0 Å². The van der Waals surface area contributed by atoms with Crippen LogP contribution in [0.2, 0.25) is 0 Å². The molecular formula is C29H31F17N2O4. The molecule has 2 amide bonds. The summed E-state index contributed by atoms with van der Waals surface area (Å²) < 4.78 is 240. The maximum atomic E-state index is 14.4. The van der Waals surface area contributed by atoms with Crippen LogP contribution in [0.15, 0.2) is 24.3 Å². The molecule has 1 fully saturated rings. The Bertz CT molecular complexity index is 1390. The number of rotatable bonds is 15. The van der Waals surface area contributed by atoms with Gasteiger partial charge in [0, 0.05) is 32.0 Å². The van der Waals surface area contributed by atoms with Crippen molar-refractivity contribution in [1.82, 2.24) is 10.2 Å². The molecule has 0 spiro atoms. The van der Waals surface area contributed by atoms with Crippen LogP contribution < -0.4 is 10.1 Å². The molecule has 0 radical (unpaired) electrons. The molecule has 0 aliphatic carbocycles. The van der Waals surface area contributed by atoms with E-state index in [2.05, 4.69) is 5.32 Å². The molecule has 0 unspecified atom stereocenters. The topological polar surface area (TPSA) is 67.9 Å². The number of carbonyl (C=O) groups is 2. The average molecular weight is 795 g/mol. The van der Waals surface area contributed by atoms with Gasteiger partial charge in [-0.1, -0.05) is 12.1 Å². The summed E-state index contributed by atoms with van der Waals surface area (Å²) in [7, 11) is 1.48. The lowest BCUT2D eigenvalue weighted by atomic mass is 9.87. The monoisotopic (exact) mass is 794 g/mol. The van der Waals surface area contributed by atoms with Crippen molar-refractivity contribution >= 4 is 12.0 Å². The zero-order valence-corrected chi connectivity index (χ0v) is 27.0. The summed E-state index contributed by atoms with van der Waals surface area (Å²) in [6.45, 7) is 1.35. The number of carbonyl (C=O) groups excluding carboxylic acids is 2. The number of likely N-dealkylation sites (tertiary alicyclic amines) is 1. The number of benzene rings is 1. The molecule has 0 atom stereocenters. The third kappa shape index (κ3) is 8.36. The smallest absolute Gasteiger partial charge is 0.460 e. The van der Waals surface area contributed by atoms with E-state index in [0.29, 0.717) is 12.2 Å². The van der Waals surface area contributed by atoms with Gasteiger partial charge in [0.2, 0.25) is 5.91 Å². The van der Waals surface area contributed by atoms with Gasteiger partial charge < -0.3 is 19.7 Å². The van der Waals surface area contributed by atoms with Gasteiger partial charge in [0.25, 0.3) is 0 Å². The summed E-state index contributed by atoms with van der Waals surface area (Å²) in [6.07, 6.45) is -13.0. The number of hydrogen-bond acceptors (Lipinski definition) is 4. The van der Waals surface area contributed by atoms with Crippen LogP contribution in [0.3, 0.4) is 0 Å². The van der Waals surface area contributed by atoms with Crippen molar-refractivity contribution in [2.75, 3.05) is 26.7 Å². The van der Waals surface area contributed by atoms with Gasteiger partial charge in [0.05, 0.1) is 7.11 Å².